The first-order valence-corrected chi connectivity index (χ1v) is 5.40. The second-order valence-electron chi connectivity index (χ2n) is 3.84. The van der Waals surface area contributed by atoms with Crippen molar-refractivity contribution < 1.29 is 4.74 Å². The van der Waals surface area contributed by atoms with Crippen LogP contribution in [0.2, 0.25) is 0 Å². The molecule has 1 heterocycles. The maximum absolute atomic E-state index is 5.61. The molecule has 0 unspecified atom stereocenters. The summed E-state index contributed by atoms with van der Waals surface area (Å²) in [5, 5.41) is 3.14. The number of methoxy groups -OCH3 is 1. The molecule has 18 heavy (non-hydrogen) atoms. The number of aryl methyl sites for hydroxylation is 1. The number of nitrogen functional groups attached to an aromatic ring is 2. The van der Waals surface area contributed by atoms with Crippen molar-refractivity contribution in [1.82, 2.24) is 9.97 Å². The molecule has 0 aliphatic rings. The van der Waals surface area contributed by atoms with Crippen LogP contribution in [0, 0.1) is 6.92 Å². The smallest absolute Gasteiger partial charge is 0.223 e. The number of nitrogens with two attached hydrogens (primary N) is 2. The van der Waals surface area contributed by atoms with E-state index in [-0.39, 0.29) is 5.95 Å². The Morgan fingerprint density at radius 3 is 2.56 bits per heavy atom. The largest absolute Gasteiger partial charge is 0.497 e. The summed E-state index contributed by atoms with van der Waals surface area (Å²) in [5.74, 6) is 1.84. The molecule has 0 amide bonds. The average molecular weight is 245 g/mol. The second-order valence-corrected chi connectivity index (χ2v) is 3.84. The molecule has 0 atom stereocenters. The van der Waals surface area contributed by atoms with Crippen molar-refractivity contribution in [2.45, 2.75) is 6.92 Å². The Kier molecular flexibility index (Phi) is 3.18. The van der Waals surface area contributed by atoms with E-state index in [9.17, 15) is 0 Å². The van der Waals surface area contributed by atoms with Crippen molar-refractivity contribution in [2.24, 2.45) is 0 Å². The fourth-order valence-corrected chi connectivity index (χ4v) is 1.59. The third-order valence-corrected chi connectivity index (χ3v) is 2.46. The highest BCUT2D eigenvalue weighted by molar-refractivity contribution is 5.64. The Labute approximate surface area is 105 Å². The van der Waals surface area contributed by atoms with Crippen LogP contribution in [0.1, 0.15) is 5.56 Å². The lowest BCUT2D eigenvalue weighted by Gasteiger charge is -2.10. The van der Waals surface area contributed by atoms with Crippen molar-refractivity contribution in [3.63, 3.8) is 0 Å². The van der Waals surface area contributed by atoms with Gasteiger partial charge in [-0.15, -0.1) is 0 Å². The summed E-state index contributed by atoms with van der Waals surface area (Å²) >= 11 is 0. The molecule has 94 valence electrons. The van der Waals surface area contributed by atoms with Crippen LogP contribution in [-0.2, 0) is 0 Å². The highest BCUT2D eigenvalue weighted by atomic mass is 16.5. The SMILES string of the molecule is COc1ccc(Nc2cc(N)nc(N)n2)c(C)c1. The van der Waals surface area contributed by atoms with Gasteiger partial charge in [-0.05, 0) is 30.7 Å². The van der Waals surface area contributed by atoms with Crippen LogP contribution in [0.25, 0.3) is 0 Å². The van der Waals surface area contributed by atoms with E-state index in [0.29, 0.717) is 11.6 Å². The van der Waals surface area contributed by atoms with Gasteiger partial charge in [-0.2, -0.15) is 9.97 Å². The third kappa shape index (κ3) is 2.60. The normalized spacial score (nSPS) is 10.1. The van der Waals surface area contributed by atoms with E-state index >= 15 is 0 Å². The lowest BCUT2D eigenvalue weighted by molar-refractivity contribution is 0.414. The van der Waals surface area contributed by atoms with Gasteiger partial charge >= 0.3 is 0 Å². The van der Waals surface area contributed by atoms with Gasteiger partial charge in [0.05, 0.1) is 7.11 Å². The van der Waals surface area contributed by atoms with Crippen LogP contribution in [0.5, 0.6) is 5.75 Å². The van der Waals surface area contributed by atoms with Gasteiger partial charge in [0.1, 0.15) is 17.4 Å². The standard InChI is InChI=1S/C12H15N5O/c1-7-5-8(18-2)3-4-9(7)15-11-6-10(13)16-12(14)17-11/h3-6H,1-2H3,(H5,13,14,15,16,17). The van der Waals surface area contributed by atoms with Crippen molar-refractivity contribution in [3.8, 4) is 5.75 Å². The molecule has 1 aromatic carbocycles. The van der Waals surface area contributed by atoms with Crippen molar-refractivity contribution in [1.29, 1.82) is 0 Å². The number of hydrogen-bond donors (Lipinski definition) is 3. The lowest BCUT2D eigenvalue weighted by Crippen LogP contribution is -2.03. The van der Waals surface area contributed by atoms with Crippen LogP contribution in [-0.4, -0.2) is 17.1 Å². The minimum atomic E-state index is 0.142. The molecule has 0 saturated heterocycles. The molecule has 0 aliphatic heterocycles. The Hall–Kier alpha value is -2.50. The summed E-state index contributed by atoms with van der Waals surface area (Å²) in [6.45, 7) is 1.97. The summed E-state index contributed by atoms with van der Waals surface area (Å²) in [4.78, 5) is 7.87. The summed E-state index contributed by atoms with van der Waals surface area (Å²) < 4.78 is 5.15. The molecule has 0 bridgehead atoms. The topological polar surface area (TPSA) is 99.1 Å². The number of rotatable bonds is 3. The summed E-state index contributed by atoms with van der Waals surface area (Å²) in [5.41, 5.74) is 13.1. The van der Waals surface area contributed by atoms with E-state index < -0.39 is 0 Å². The van der Waals surface area contributed by atoms with E-state index in [4.69, 9.17) is 16.2 Å². The van der Waals surface area contributed by atoms with Gasteiger partial charge in [0.25, 0.3) is 0 Å². The van der Waals surface area contributed by atoms with Gasteiger partial charge in [0.15, 0.2) is 0 Å². The molecule has 2 aromatic rings. The van der Waals surface area contributed by atoms with Gasteiger partial charge in [-0.1, -0.05) is 0 Å². The summed E-state index contributed by atoms with van der Waals surface area (Å²) in [7, 11) is 1.63. The first-order chi connectivity index (χ1) is 8.58. The van der Waals surface area contributed by atoms with Gasteiger partial charge in [0, 0.05) is 11.8 Å². The zero-order chi connectivity index (χ0) is 13.1. The van der Waals surface area contributed by atoms with Crippen molar-refractivity contribution >= 4 is 23.3 Å². The fourth-order valence-electron chi connectivity index (χ4n) is 1.59. The molecular weight excluding hydrogens is 230 g/mol. The van der Waals surface area contributed by atoms with Crippen LogP contribution < -0.4 is 21.5 Å². The zero-order valence-electron chi connectivity index (χ0n) is 10.3. The van der Waals surface area contributed by atoms with Crippen LogP contribution in [0.3, 0.4) is 0 Å². The van der Waals surface area contributed by atoms with Gasteiger partial charge in [-0.3, -0.25) is 0 Å². The van der Waals surface area contributed by atoms with Crippen LogP contribution in [0.15, 0.2) is 24.3 Å². The molecule has 6 nitrogen and oxygen atoms in total. The monoisotopic (exact) mass is 245 g/mol. The fraction of sp³-hybridized carbons (Fsp3) is 0.167. The first-order valence-electron chi connectivity index (χ1n) is 5.40. The number of hydrogen-bond acceptors (Lipinski definition) is 6. The molecule has 6 heteroatoms. The number of ether oxygens (including phenoxy) is 1. The first kappa shape index (κ1) is 12.0. The van der Waals surface area contributed by atoms with Crippen molar-refractivity contribution in [3.05, 3.63) is 29.8 Å². The molecule has 0 radical (unpaired) electrons. The molecule has 2 rings (SSSR count). The number of nitrogens with one attached hydrogen (secondary N) is 1. The third-order valence-electron chi connectivity index (χ3n) is 2.46. The maximum Gasteiger partial charge on any atom is 0.223 e. The lowest BCUT2D eigenvalue weighted by atomic mass is 10.2. The van der Waals surface area contributed by atoms with E-state index in [1.165, 1.54) is 0 Å². The van der Waals surface area contributed by atoms with Crippen molar-refractivity contribution in [2.75, 3.05) is 23.9 Å². The Balaban J connectivity index is 2.28. The highest BCUT2D eigenvalue weighted by Gasteiger charge is 2.04. The van der Waals surface area contributed by atoms with Gasteiger partial charge < -0.3 is 21.5 Å². The van der Waals surface area contributed by atoms with E-state index in [2.05, 4.69) is 15.3 Å². The maximum atomic E-state index is 5.61. The molecular formula is C12H15N5O. The molecule has 5 N–H and O–H groups in total. The second kappa shape index (κ2) is 4.79. The summed E-state index contributed by atoms with van der Waals surface area (Å²) in [6, 6.07) is 7.32. The zero-order valence-corrected chi connectivity index (χ0v) is 10.3. The molecule has 0 spiro atoms. The van der Waals surface area contributed by atoms with Gasteiger partial charge in [0.2, 0.25) is 5.95 Å². The Bertz CT molecular complexity index is 550. The minimum Gasteiger partial charge on any atom is -0.497 e. The number of anilines is 4. The number of nitrogens with zero attached hydrogens (tertiary/aromatic N) is 2. The Morgan fingerprint density at radius 2 is 1.94 bits per heavy atom. The molecule has 0 fully saturated rings. The molecule has 0 aliphatic carbocycles. The highest BCUT2D eigenvalue weighted by Crippen LogP contribution is 2.24. The molecule has 0 saturated carbocycles. The van der Waals surface area contributed by atoms with Gasteiger partial charge in [-0.25, -0.2) is 0 Å². The predicted octanol–water partition coefficient (Wildman–Crippen LogP) is 1.70. The number of aromatic nitrogens is 2. The van der Waals surface area contributed by atoms with Crippen LogP contribution >= 0.6 is 0 Å². The van der Waals surface area contributed by atoms with E-state index in [1.807, 2.05) is 25.1 Å². The average Bonchev–Trinajstić information content (AvgIpc) is 2.30. The van der Waals surface area contributed by atoms with E-state index in [1.54, 1.807) is 13.2 Å². The molecule has 1 aromatic heterocycles. The number of benzene rings is 1. The van der Waals surface area contributed by atoms with E-state index in [0.717, 1.165) is 17.0 Å². The minimum absolute atomic E-state index is 0.142. The predicted molar refractivity (Wildman–Crippen MR) is 71.9 cm³/mol. The quantitative estimate of drug-likeness (QED) is 0.761. The van der Waals surface area contributed by atoms with Crippen LogP contribution in [0.4, 0.5) is 23.3 Å². The summed E-state index contributed by atoms with van der Waals surface area (Å²) in [6.07, 6.45) is 0. The Morgan fingerprint density at radius 1 is 1.17 bits per heavy atom.